The normalized spacial score (nSPS) is 19.3. The molecule has 1 fully saturated rings. The fourth-order valence-corrected chi connectivity index (χ4v) is 1.99. The molecule has 6 nitrogen and oxygen atoms in total. The van der Waals surface area contributed by atoms with E-state index in [1.165, 1.54) is 11.9 Å². The van der Waals surface area contributed by atoms with E-state index in [2.05, 4.69) is 0 Å². The SMILES string of the molecule is CCN(CC1CCCCO1)C(=O)CN(C)C(N)=O. The molecular formula is C12H23N3O3. The molecule has 1 saturated heterocycles. The molecule has 0 aromatic rings. The van der Waals surface area contributed by atoms with Gasteiger partial charge in [-0.3, -0.25) is 4.79 Å². The molecule has 1 atom stereocenters. The van der Waals surface area contributed by atoms with Crippen LogP contribution < -0.4 is 5.73 Å². The van der Waals surface area contributed by atoms with Gasteiger partial charge in [0.05, 0.1) is 6.10 Å². The Hall–Kier alpha value is -1.30. The van der Waals surface area contributed by atoms with Crippen molar-refractivity contribution in [2.24, 2.45) is 5.73 Å². The fourth-order valence-electron chi connectivity index (χ4n) is 1.99. The van der Waals surface area contributed by atoms with Gasteiger partial charge in [-0.1, -0.05) is 0 Å². The molecule has 0 radical (unpaired) electrons. The molecule has 0 aliphatic carbocycles. The molecule has 0 bridgehead atoms. The highest BCUT2D eigenvalue weighted by atomic mass is 16.5. The average molecular weight is 257 g/mol. The Morgan fingerprint density at radius 3 is 2.61 bits per heavy atom. The van der Waals surface area contributed by atoms with E-state index in [1.54, 1.807) is 4.90 Å². The average Bonchev–Trinajstić information content (AvgIpc) is 2.36. The summed E-state index contributed by atoms with van der Waals surface area (Å²) >= 11 is 0. The maximum Gasteiger partial charge on any atom is 0.314 e. The molecular weight excluding hydrogens is 234 g/mol. The smallest absolute Gasteiger partial charge is 0.314 e. The van der Waals surface area contributed by atoms with Gasteiger partial charge in [0.25, 0.3) is 0 Å². The van der Waals surface area contributed by atoms with Crippen molar-refractivity contribution in [3.63, 3.8) is 0 Å². The van der Waals surface area contributed by atoms with Crippen molar-refractivity contribution >= 4 is 11.9 Å². The molecule has 0 saturated carbocycles. The summed E-state index contributed by atoms with van der Waals surface area (Å²) < 4.78 is 5.61. The van der Waals surface area contributed by atoms with Crippen molar-refractivity contribution in [2.45, 2.75) is 32.3 Å². The minimum atomic E-state index is -0.590. The van der Waals surface area contributed by atoms with Crippen molar-refractivity contribution in [1.82, 2.24) is 9.80 Å². The van der Waals surface area contributed by atoms with Gasteiger partial charge in [-0.2, -0.15) is 0 Å². The third kappa shape index (κ3) is 4.52. The zero-order valence-corrected chi connectivity index (χ0v) is 11.2. The van der Waals surface area contributed by atoms with E-state index in [0.717, 1.165) is 25.9 Å². The van der Waals surface area contributed by atoms with Crippen LogP contribution in [-0.4, -0.2) is 61.1 Å². The van der Waals surface area contributed by atoms with Crippen LogP contribution in [0, 0.1) is 0 Å². The number of amides is 3. The van der Waals surface area contributed by atoms with Gasteiger partial charge in [-0.05, 0) is 26.2 Å². The number of likely N-dealkylation sites (N-methyl/N-ethyl adjacent to an activating group) is 2. The maximum absolute atomic E-state index is 12.0. The second-order valence-electron chi connectivity index (χ2n) is 4.62. The van der Waals surface area contributed by atoms with E-state index in [9.17, 15) is 9.59 Å². The number of nitrogens with zero attached hydrogens (tertiary/aromatic N) is 2. The van der Waals surface area contributed by atoms with Crippen LogP contribution in [0.3, 0.4) is 0 Å². The Labute approximate surface area is 108 Å². The van der Waals surface area contributed by atoms with E-state index >= 15 is 0 Å². The number of rotatable bonds is 5. The molecule has 1 aliphatic rings. The van der Waals surface area contributed by atoms with E-state index in [1.807, 2.05) is 6.92 Å². The van der Waals surface area contributed by atoms with Crippen LogP contribution >= 0.6 is 0 Å². The van der Waals surface area contributed by atoms with E-state index < -0.39 is 6.03 Å². The number of urea groups is 1. The molecule has 6 heteroatoms. The number of hydrogen-bond acceptors (Lipinski definition) is 3. The van der Waals surface area contributed by atoms with Gasteiger partial charge in [0, 0.05) is 26.7 Å². The summed E-state index contributed by atoms with van der Waals surface area (Å²) in [5.41, 5.74) is 5.10. The third-order valence-corrected chi connectivity index (χ3v) is 3.18. The third-order valence-electron chi connectivity index (χ3n) is 3.18. The van der Waals surface area contributed by atoms with Crippen LogP contribution in [0.25, 0.3) is 0 Å². The molecule has 0 aromatic heterocycles. The van der Waals surface area contributed by atoms with Crippen LogP contribution in [0.4, 0.5) is 4.79 Å². The van der Waals surface area contributed by atoms with Gasteiger partial charge in [-0.25, -0.2) is 4.79 Å². The molecule has 18 heavy (non-hydrogen) atoms. The zero-order valence-electron chi connectivity index (χ0n) is 11.2. The van der Waals surface area contributed by atoms with Crippen LogP contribution in [0.15, 0.2) is 0 Å². The summed E-state index contributed by atoms with van der Waals surface area (Å²) in [6, 6.07) is -0.590. The van der Waals surface area contributed by atoms with Crippen LogP contribution in [0.2, 0.25) is 0 Å². The minimum absolute atomic E-state index is 0.0237. The topological polar surface area (TPSA) is 75.9 Å². The zero-order chi connectivity index (χ0) is 13.5. The number of carbonyl (C=O) groups is 2. The predicted octanol–water partition coefficient (Wildman–Crippen LogP) is 0.415. The van der Waals surface area contributed by atoms with Gasteiger partial charge in [0.15, 0.2) is 0 Å². The highest BCUT2D eigenvalue weighted by molar-refractivity contribution is 5.83. The summed E-state index contributed by atoms with van der Waals surface area (Å²) in [5, 5.41) is 0. The van der Waals surface area contributed by atoms with E-state index in [4.69, 9.17) is 10.5 Å². The largest absolute Gasteiger partial charge is 0.376 e. The van der Waals surface area contributed by atoms with Gasteiger partial charge in [0.1, 0.15) is 6.54 Å². The van der Waals surface area contributed by atoms with Crippen molar-refractivity contribution < 1.29 is 14.3 Å². The van der Waals surface area contributed by atoms with E-state index in [0.29, 0.717) is 13.1 Å². The van der Waals surface area contributed by atoms with Crippen molar-refractivity contribution in [2.75, 3.05) is 33.3 Å². The van der Waals surface area contributed by atoms with Crippen LogP contribution in [0.5, 0.6) is 0 Å². The maximum atomic E-state index is 12.0. The van der Waals surface area contributed by atoms with Crippen molar-refractivity contribution in [1.29, 1.82) is 0 Å². The molecule has 0 spiro atoms. The first-order chi connectivity index (χ1) is 8.54. The van der Waals surface area contributed by atoms with Gasteiger partial charge < -0.3 is 20.3 Å². The second kappa shape index (κ2) is 7.20. The summed E-state index contributed by atoms with van der Waals surface area (Å²) in [5.74, 6) is -0.0898. The number of ether oxygens (including phenoxy) is 1. The van der Waals surface area contributed by atoms with E-state index in [-0.39, 0.29) is 18.6 Å². The molecule has 3 amide bonds. The van der Waals surface area contributed by atoms with Crippen LogP contribution in [0.1, 0.15) is 26.2 Å². The first-order valence-corrected chi connectivity index (χ1v) is 6.44. The molecule has 1 heterocycles. The monoisotopic (exact) mass is 257 g/mol. The first-order valence-electron chi connectivity index (χ1n) is 6.44. The summed E-state index contributed by atoms with van der Waals surface area (Å²) in [4.78, 5) is 25.8. The Bertz CT molecular complexity index is 290. The number of carbonyl (C=O) groups excluding carboxylic acids is 2. The lowest BCUT2D eigenvalue weighted by atomic mass is 10.1. The number of primary amides is 1. The van der Waals surface area contributed by atoms with Gasteiger partial charge in [-0.15, -0.1) is 0 Å². The molecule has 1 aliphatic heterocycles. The van der Waals surface area contributed by atoms with Crippen molar-refractivity contribution in [3.8, 4) is 0 Å². The predicted molar refractivity (Wildman–Crippen MR) is 68.1 cm³/mol. The highest BCUT2D eigenvalue weighted by Gasteiger charge is 2.21. The number of nitrogens with two attached hydrogens (primary N) is 1. The summed E-state index contributed by atoms with van der Waals surface area (Å²) in [6.07, 6.45) is 3.37. The Morgan fingerprint density at radius 2 is 2.11 bits per heavy atom. The summed E-state index contributed by atoms with van der Waals surface area (Å²) in [6.45, 7) is 3.94. The van der Waals surface area contributed by atoms with Gasteiger partial charge in [0.2, 0.25) is 5.91 Å². The summed E-state index contributed by atoms with van der Waals surface area (Å²) in [7, 11) is 1.52. The fraction of sp³-hybridized carbons (Fsp3) is 0.833. The standard InChI is InChI=1S/C12H23N3O3/c1-3-15(8-10-6-4-5-7-18-10)11(16)9-14(2)12(13)17/h10H,3-9H2,1-2H3,(H2,13,17). The lowest BCUT2D eigenvalue weighted by molar-refractivity contribution is -0.134. The lowest BCUT2D eigenvalue weighted by Crippen LogP contribution is -2.46. The van der Waals surface area contributed by atoms with Gasteiger partial charge >= 0.3 is 6.03 Å². The Balaban J connectivity index is 2.43. The highest BCUT2D eigenvalue weighted by Crippen LogP contribution is 2.14. The minimum Gasteiger partial charge on any atom is -0.376 e. The van der Waals surface area contributed by atoms with Crippen molar-refractivity contribution in [3.05, 3.63) is 0 Å². The van der Waals surface area contributed by atoms with Crippen LogP contribution in [-0.2, 0) is 9.53 Å². The molecule has 2 N–H and O–H groups in total. The second-order valence-corrected chi connectivity index (χ2v) is 4.62. The molecule has 104 valence electrons. The lowest BCUT2D eigenvalue weighted by Gasteiger charge is -2.30. The Morgan fingerprint density at radius 1 is 1.39 bits per heavy atom. The molecule has 1 unspecified atom stereocenters. The quantitative estimate of drug-likeness (QED) is 0.775. The Kier molecular flexibility index (Phi) is 5.91. The molecule has 1 rings (SSSR count). The molecule has 0 aromatic carbocycles. The first kappa shape index (κ1) is 14.8. The number of hydrogen-bond donors (Lipinski definition) is 1.